The van der Waals surface area contributed by atoms with Crippen molar-refractivity contribution >= 4 is 23.2 Å². The Labute approximate surface area is 112 Å². The van der Waals surface area contributed by atoms with Gasteiger partial charge in [-0.15, -0.1) is 0 Å². The number of aromatic nitrogens is 2. The minimum atomic E-state index is -2.51. The minimum absolute atomic E-state index is 0.0260. The van der Waals surface area contributed by atoms with Gasteiger partial charge in [-0.1, -0.05) is 0 Å². The summed E-state index contributed by atoms with van der Waals surface area (Å²) in [4.78, 5) is 21.9. The highest BCUT2D eigenvalue weighted by molar-refractivity contribution is 6.11. The van der Waals surface area contributed by atoms with E-state index in [1.165, 1.54) is 17.2 Å². The third-order valence-electron chi connectivity index (χ3n) is 2.72. The Morgan fingerprint density at radius 2 is 2.28 bits per heavy atom. The normalized spacial score (nSPS) is 18.2. The standard InChI is InChI=1S/C13H12N4O/c1-8-5-7-15-12-10(8)16-13(18)9-4-3-6-14-11(9)17(12)2/h3-7H,1-2H3,(H,16,18)/i1D3,3D,7D. The molecule has 0 unspecified atom stereocenters. The van der Waals surface area contributed by atoms with Gasteiger partial charge in [-0.2, -0.15) is 0 Å². The molecule has 5 heteroatoms. The average molecular weight is 245 g/mol. The first-order chi connectivity index (χ1) is 10.7. The number of pyridine rings is 2. The van der Waals surface area contributed by atoms with Crippen LogP contribution in [0.5, 0.6) is 0 Å². The number of hydrogen-bond acceptors (Lipinski definition) is 4. The fourth-order valence-corrected chi connectivity index (χ4v) is 1.84. The molecule has 0 atom stereocenters. The molecule has 0 spiro atoms. The Balaban J connectivity index is 2.30. The zero-order valence-corrected chi connectivity index (χ0v) is 9.48. The maximum atomic E-state index is 12.4. The zero-order valence-electron chi connectivity index (χ0n) is 14.5. The van der Waals surface area contributed by atoms with Crippen molar-refractivity contribution in [2.24, 2.45) is 0 Å². The van der Waals surface area contributed by atoms with E-state index in [0.29, 0.717) is 0 Å². The molecule has 1 aliphatic rings. The third kappa shape index (κ3) is 1.44. The van der Waals surface area contributed by atoms with E-state index in [0.717, 1.165) is 6.07 Å². The number of nitrogens with zero attached hydrogens (tertiary/aromatic N) is 3. The van der Waals surface area contributed by atoms with Crippen molar-refractivity contribution in [3.63, 3.8) is 0 Å². The minimum Gasteiger partial charge on any atom is -0.318 e. The molecule has 18 heavy (non-hydrogen) atoms. The second-order valence-electron chi connectivity index (χ2n) is 3.82. The summed E-state index contributed by atoms with van der Waals surface area (Å²) >= 11 is 0. The summed E-state index contributed by atoms with van der Waals surface area (Å²) in [6, 6.07) is 2.51. The number of aryl methyl sites for hydroxylation is 1. The number of carbonyl (C=O) groups is 1. The summed E-state index contributed by atoms with van der Waals surface area (Å²) in [7, 11) is 1.57. The molecule has 0 saturated carbocycles. The predicted molar refractivity (Wildman–Crippen MR) is 69.2 cm³/mol. The molecule has 1 aliphatic heterocycles. The van der Waals surface area contributed by atoms with Crippen LogP contribution in [-0.2, 0) is 0 Å². The van der Waals surface area contributed by atoms with Gasteiger partial charge >= 0.3 is 0 Å². The summed E-state index contributed by atoms with van der Waals surface area (Å²) in [5, 5.41) is 2.53. The van der Waals surface area contributed by atoms with Crippen LogP contribution in [0.3, 0.4) is 0 Å². The lowest BCUT2D eigenvalue weighted by Gasteiger charge is -2.18. The molecule has 0 bridgehead atoms. The smallest absolute Gasteiger partial charge is 0.259 e. The van der Waals surface area contributed by atoms with Crippen molar-refractivity contribution < 1.29 is 11.6 Å². The number of fused-ring (bicyclic) bond motifs is 2. The molecule has 0 aliphatic carbocycles. The molecule has 2 aromatic heterocycles. The summed E-state index contributed by atoms with van der Waals surface area (Å²) in [6.07, 6.45) is 1.06. The number of carbonyl (C=O) groups excluding carboxylic acids is 1. The largest absolute Gasteiger partial charge is 0.318 e. The topological polar surface area (TPSA) is 58.1 Å². The van der Waals surface area contributed by atoms with Crippen molar-refractivity contribution in [2.45, 2.75) is 6.85 Å². The maximum absolute atomic E-state index is 12.4. The second-order valence-corrected chi connectivity index (χ2v) is 3.82. The molecule has 2 aromatic rings. The lowest BCUT2D eigenvalue weighted by molar-refractivity contribution is 0.102. The highest BCUT2D eigenvalue weighted by Gasteiger charge is 2.25. The monoisotopic (exact) mass is 245 g/mol. The molecule has 0 saturated heterocycles. The van der Waals surface area contributed by atoms with Crippen LogP contribution in [0.1, 0.15) is 22.8 Å². The Kier molecular flexibility index (Phi) is 1.37. The van der Waals surface area contributed by atoms with Crippen molar-refractivity contribution in [1.82, 2.24) is 9.97 Å². The number of rotatable bonds is 0. The van der Waals surface area contributed by atoms with Crippen LogP contribution < -0.4 is 10.2 Å². The van der Waals surface area contributed by atoms with E-state index in [-0.39, 0.29) is 40.7 Å². The molecule has 3 heterocycles. The molecule has 1 N–H and O–H groups in total. The first-order valence-corrected chi connectivity index (χ1v) is 5.22. The van der Waals surface area contributed by atoms with Gasteiger partial charge < -0.3 is 10.2 Å². The molecule has 0 radical (unpaired) electrons. The SMILES string of the molecule is [2H]c1cnc2c(c1)C(=O)Nc1c(C([2H])([2H])[2H])cc([2H])nc1N2C. The predicted octanol–water partition coefficient (Wildman–Crippen LogP) is 2.12. The van der Waals surface area contributed by atoms with Crippen LogP contribution in [0, 0.1) is 6.85 Å². The van der Waals surface area contributed by atoms with Gasteiger partial charge in [0, 0.05) is 23.5 Å². The van der Waals surface area contributed by atoms with Crippen LogP contribution in [0.4, 0.5) is 17.3 Å². The van der Waals surface area contributed by atoms with Crippen LogP contribution in [-0.4, -0.2) is 22.9 Å². The Morgan fingerprint density at radius 1 is 1.39 bits per heavy atom. The van der Waals surface area contributed by atoms with E-state index in [9.17, 15) is 4.79 Å². The lowest BCUT2D eigenvalue weighted by Crippen LogP contribution is -2.14. The molecule has 90 valence electrons. The summed E-state index contributed by atoms with van der Waals surface area (Å²) in [6.45, 7) is -2.51. The van der Waals surface area contributed by atoms with Gasteiger partial charge in [0.1, 0.15) is 5.82 Å². The van der Waals surface area contributed by atoms with Gasteiger partial charge in [-0.3, -0.25) is 4.79 Å². The molecule has 5 nitrogen and oxygen atoms in total. The summed E-state index contributed by atoms with van der Waals surface area (Å²) < 4.78 is 38.2. The van der Waals surface area contributed by atoms with E-state index in [1.807, 2.05) is 0 Å². The van der Waals surface area contributed by atoms with Crippen molar-refractivity contribution in [2.75, 3.05) is 17.3 Å². The molecule has 1 amide bonds. The van der Waals surface area contributed by atoms with E-state index in [4.69, 9.17) is 6.85 Å². The van der Waals surface area contributed by atoms with Crippen molar-refractivity contribution in [3.8, 4) is 0 Å². The van der Waals surface area contributed by atoms with Gasteiger partial charge in [0.25, 0.3) is 5.91 Å². The van der Waals surface area contributed by atoms with Crippen LogP contribution in [0.2, 0.25) is 0 Å². The van der Waals surface area contributed by atoms with Gasteiger partial charge in [0.05, 0.1) is 14.0 Å². The van der Waals surface area contributed by atoms with E-state index in [2.05, 4.69) is 15.3 Å². The zero-order chi connectivity index (χ0) is 16.9. The molecule has 3 rings (SSSR count). The molecular weight excluding hydrogens is 228 g/mol. The average Bonchev–Trinajstić information content (AvgIpc) is 2.55. The van der Waals surface area contributed by atoms with Gasteiger partial charge in [-0.05, 0) is 30.6 Å². The fraction of sp³-hybridized carbons (Fsp3) is 0.154. The van der Waals surface area contributed by atoms with E-state index in [1.54, 1.807) is 7.05 Å². The quantitative estimate of drug-likeness (QED) is 0.772. The number of hydrogen-bond donors (Lipinski definition) is 1. The van der Waals surface area contributed by atoms with Crippen LogP contribution >= 0.6 is 0 Å². The second kappa shape index (κ2) is 3.80. The van der Waals surface area contributed by atoms with E-state index >= 15 is 0 Å². The van der Waals surface area contributed by atoms with Gasteiger partial charge in [0.2, 0.25) is 0 Å². The molecule has 0 aromatic carbocycles. The van der Waals surface area contributed by atoms with Crippen molar-refractivity contribution in [1.29, 1.82) is 0 Å². The summed E-state index contributed by atoms with van der Waals surface area (Å²) in [5.74, 6) is -0.204. The number of nitrogens with one attached hydrogen (secondary N) is 1. The first kappa shape index (κ1) is 6.49. The third-order valence-corrected chi connectivity index (χ3v) is 2.72. The van der Waals surface area contributed by atoms with Crippen LogP contribution in [0.15, 0.2) is 30.5 Å². The highest BCUT2D eigenvalue weighted by atomic mass is 16.1. The number of anilines is 3. The summed E-state index contributed by atoms with van der Waals surface area (Å²) in [5.41, 5.74) is 0.00524. The Bertz CT molecular complexity index is 821. The molecule has 0 fully saturated rings. The van der Waals surface area contributed by atoms with Crippen molar-refractivity contribution in [3.05, 3.63) is 41.7 Å². The van der Waals surface area contributed by atoms with Gasteiger partial charge in [0.15, 0.2) is 5.82 Å². The Morgan fingerprint density at radius 3 is 3.11 bits per heavy atom. The lowest BCUT2D eigenvalue weighted by atomic mass is 10.2. The highest BCUT2D eigenvalue weighted by Crippen LogP contribution is 2.35. The Hall–Kier alpha value is -2.43. The van der Waals surface area contributed by atoms with Gasteiger partial charge in [-0.25, -0.2) is 9.97 Å². The maximum Gasteiger partial charge on any atom is 0.259 e. The first-order valence-electron chi connectivity index (χ1n) is 7.72. The van der Waals surface area contributed by atoms with E-state index < -0.39 is 12.8 Å². The number of amides is 1. The van der Waals surface area contributed by atoms with Crippen LogP contribution in [0.25, 0.3) is 0 Å². The fourth-order valence-electron chi connectivity index (χ4n) is 1.84. The molecular formula is C13H12N4O.